The Morgan fingerprint density at radius 1 is 1.40 bits per heavy atom. The van der Waals surface area contributed by atoms with Crippen molar-refractivity contribution < 1.29 is 4.79 Å². The number of thiocarbonyl (C=S) groups is 1. The van der Waals surface area contributed by atoms with Gasteiger partial charge < -0.3 is 10.6 Å². The van der Waals surface area contributed by atoms with Gasteiger partial charge in [0.2, 0.25) is 5.91 Å². The molecule has 0 aromatic heterocycles. The van der Waals surface area contributed by atoms with E-state index in [-0.39, 0.29) is 11.8 Å². The van der Waals surface area contributed by atoms with Gasteiger partial charge in [-0.25, -0.2) is 0 Å². The number of nitrogens with zero attached hydrogens (tertiary/aromatic N) is 1. The van der Waals surface area contributed by atoms with Crippen LogP contribution in [0.5, 0.6) is 0 Å². The van der Waals surface area contributed by atoms with Crippen molar-refractivity contribution in [1.29, 1.82) is 0 Å². The van der Waals surface area contributed by atoms with E-state index in [2.05, 4.69) is 19.1 Å². The second kappa shape index (κ2) is 8.00. The highest BCUT2D eigenvalue weighted by Crippen LogP contribution is 2.11. The smallest absolute Gasteiger partial charge is 0.222 e. The van der Waals surface area contributed by atoms with Gasteiger partial charge in [-0.05, 0) is 31.4 Å². The lowest BCUT2D eigenvalue weighted by molar-refractivity contribution is -0.131. The minimum Gasteiger partial charge on any atom is -0.393 e. The molecule has 0 heterocycles. The molecule has 1 aromatic carbocycles. The minimum absolute atomic E-state index is 0.0624. The largest absolute Gasteiger partial charge is 0.393 e. The summed E-state index contributed by atoms with van der Waals surface area (Å²) in [5.74, 6) is 0.228. The van der Waals surface area contributed by atoms with E-state index in [9.17, 15) is 4.79 Å². The molecule has 4 heteroatoms. The van der Waals surface area contributed by atoms with Crippen LogP contribution in [0.25, 0.3) is 0 Å². The summed E-state index contributed by atoms with van der Waals surface area (Å²) in [6, 6.07) is 8.19. The van der Waals surface area contributed by atoms with Crippen LogP contribution in [0.4, 0.5) is 0 Å². The number of amides is 1. The Hall–Kier alpha value is -1.42. The molecule has 1 rings (SSSR count). The molecule has 2 N–H and O–H groups in total. The molecule has 110 valence electrons. The molecule has 0 fully saturated rings. The predicted octanol–water partition coefficient (Wildman–Crippen LogP) is 2.70. The van der Waals surface area contributed by atoms with Gasteiger partial charge in [-0.1, -0.05) is 43.4 Å². The maximum atomic E-state index is 12.3. The van der Waals surface area contributed by atoms with E-state index in [0.717, 1.165) is 6.42 Å². The average Bonchev–Trinajstić information content (AvgIpc) is 2.43. The van der Waals surface area contributed by atoms with Crippen LogP contribution in [0.2, 0.25) is 0 Å². The number of nitrogens with two attached hydrogens (primary N) is 1. The molecule has 1 unspecified atom stereocenters. The van der Waals surface area contributed by atoms with Gasteiger partial charge in [0, 0.05) is 25.4 Å². The van der Waals surface area contributed by atoms with Crippen molar-refractivity contribution in [3.8, 4) is 0 Å². The summed E-state index contributed by atoms with van der Waals surface area (Å²) < 4.78 is 0. The number of rotatable bonds is 7. The summed E-state index contributed by atoms with van der Waals surface area (Å²) >= 11 is 4.97. The lowest BCUT2D eigenvalue weighted by atomic mass is 10.0. The van der Waals surface area contributed by atoms with Crippen molar-refractivity contribution in [2.24, 2.45) is 11.7 Å². The fourth-order valence-corrected chi connectivity index (χ4v) is 2.19. The molecule has 3 nitrogen and oxygen atoms in total. The summed E-state index contributed by atoms with van der Waals surface area (Å²) in [5, 5.41) is 0. The minimum atomic E-state index is 0.0624. The Morgan fingerprint density at radius 3 is 2.60 bits per heavy atom. The fraction of sp³-hybridized carbons (Fsp3) is 0.500. The van der Waals surface area contributed by atoms with Gasteiger partial charge in [0.25, 0.3) is 0 Å². The molecule has 0 saturated heterocycles. The third kappa shape index (κ3) is 4.93. The maximum absolute atomic E-state index is 12.3. The van der Waals surface area contributed by atoms with Crippen molar-refractivity contribution >= 4 is 23.1 Å². The van der Waals surface area contributed by atoms with Crippen molar-refractivity contribution in [2.45, 2.75) is 33.6 Å². The Morgan fingerprint density at radius 2 is 2.05 bits per heavy atom. The van der Waals surface area contributed by atoms with Crippen LogP contribution in [0.3, 0.4) is 0 Å². The zero-order valence-corrected chi connectivity index (χ0v) is 13.4. The molecule has 0 bridgehead atoms. The van der Waals surface area contributed by atoms with Crippen molar-refractivity contribution in [1.82, 2.24) is 4.90 Å². The van der Waals surface area contributed by atoms with Crippen LogP contribution in [-0.4, -0.2) is 28.9 Å². The zero-order chi connectivity index (χ0) is 15.1. The van der Waals surface area contributed by atoms with E-state index in [1.54, 1.807) is 0 Å². The van der Waals surface area contributed by atoms with Gasteiger partial charge in [0.05, 0.1) is 4.99 Å². The van der Waals surface area contributed by atoms with Gasteiger partial charge >= 0.3 is 0 Å². The third-order valence-corrected chi connectivity index (χ3v) is 3.99. The van der Waals surface area contributed by atoms with E-state index in [1.165, 1.54) is 11.1 Å². The average molecular weight is 292 g/mol. The highest BCUT2D eigenvalue weighted by atomic mass is 32.1. The lowest BCUT2D eigenvalue weighted by Crippen LogP contribution is -2.38. The fourth-order valence-electron chi connectivity index (χ4n) is 2.12. The SMILES string of the molecule is CCN(CC(C)C(N)=S)C(=O)CCc1ccccc1C. The number of aryl methyl sites for hydroxylation is 2. The van der Waals surface area contributed by atoms with E-state index in [1.807, 2.05) is 30.9 Å². The molecule has 1 atom stereocenters. The van der Waals surface area contributed by atoms with Gasteiger partial charge in [-0.2, -0.15) is 0 Å². The first-order valence-corrected chi connectivity index (χ1v) is 7.48. The van der Waals surface area contributed by atoms with E-state index >= 15 is 0 Å². The molecule has 1 aromatic rings. The van der Waals surface area contributed by atoms with Crippen molar-refractivity contribution in [3.63, 3.8) is 0 Å². The third-order valence-electron chi connectivity index (χ3n) is 3.58. The van der Waals surface area contributed by atoms with Gasteiger partial charge in [-0.15, -0.1) is 0 Å². The number of carbonyl (C=O) groups excluding carboxylic acids is 1. The number of hydrogen-bond donors (Lipinski definition) is 1. The topological polar surface area (TPSA) is 46.3 Å². The van der Waals surface area contributed by atoms with Crippen LogP contribution in [-0.2, 0) is 11.2 Å². The molecular weight excluding hydrogens is 268 g/mol. The standard InChI is InChI=1S/C16H24N2OS/c1-4-18(11-13(3)16(17)20)15(19)10-9-14-8-6-5-7-12(14)2/h5-8,13H,4,9-11H2,1-3H3,(H2,17,20). The quantitative estimate of drug-likeness (QED) is 0.786. The normalized spacial score (nSPS) is 11.9. The molecule has 20 heavy (non-hydrogen) atoms. The molecular formula is C16H24N2OS. The first kappa shape index (κ1) is 16.6. The zero-order valence-electron chi connectivity index (χ0n) is 12.6. The van der Waals surface area contributed by atoms with Gasteiger partial charge in [0.15, 0.2) is 0 Å². The van der Waals surface area contributed by atoms with Crippen molar-refractivity contribution in [2.75, 3.05) is 13.1 Å². The predicted molar refractivity (Wildman–Crippen MR) is 87.7 cm³/mol. The van der Waals surface area contributed by atoms with Crippen LogP contribution in [0, 0.1) is 12.8 Å². The summed E-state index contributed by atoms with van der Waals surface area (Å²) in [6.07, 6.45) is 1.31. The molecule has 0 aliphatic rings. The molecule has 0 saturated carbocycles. The second-order valence-electron chi connectivity index (χ2n) is 5.16. The highest BCUT2D eigenvalue weighted by molar-refractivity contribution is 7.80. The van der Waals surface area contributed by atoms with Crippen LogP contribution in [0.15, 0.2) is 24.3 Å². The summed E-state index contributed by atoms with van der Waals surface area (Å²) in [6.45, 7) is 7.32. The molecule has 0 aliphatic heterocycles. The summed E-state index contributed by atoms with van der Waals surface area (Å²) in [7, 11) is 0. The molecule has 0 aliphatic carbocycles. The monoisotopic (exact) mass is 292 g/mol. The number of carbonyl (C=O) groups is 1. The molecule has 0 spiro atoms. The highest BCUT2D eigenvalue weighted by Gasteiger charge is 2.16. The van der Waals surface area contributed by atoms with E-state index in [0.29, 0.717) is 24.5 Å². The summed E-state index contributed by atoms with van der Waals surface area (Å²) in [5.41, 5.74) is 8.09. The first-order valence-electron chi connectivity index (χ1n) is 7.07. The van der Waals surface area contributed by atoms with Crippen LogP contribution >= 0.6 is 12.2 Å². The Bertz CT molecular complexity index is 473. The van der Waals surface area contributed by atoms with Crippen LogP contribution in [0.1, 0.15) is 31.4 Å². The molecule has 0 radical (unpaired) electrons. The number of benzene rings is 1. The van der Waals surface area contributed by atoms with Gasteiger partial charge in [0.1, 0.15) is 0 Å². The van der Waals surface area contributed by atoms with Gasteiger partial charge in [-0.3, -0.25) is 4.79 Å². The second-order valence-corrected chi connectivity index (χ2v) is 5.63. The first-order chi connectivity index (χ1) is 9.45. The lowest BCUT2D eigenvalue weighted by Gasteiger charge is -2.24. The maximum Gasteiger partial charge on any atom is 0.222 e. The van der Waals surface area contributed by atoms with Crippen LogP contribution < -0.4 is 5.73 Å². The van der Waals surface area contributed by atoms with E-state index < -0.39 is 0 Å². The molecule has 1 amide bonds. The Labute approximate surface area is 127 Å². The summed E-state index contributed by atoms with van der Waals surface area (Å²) in [4.78, 5) is 14.6. The number of hydrogen-bond acceptors (Lipinski definition) is 2. The Kier molecular flexibility index (Phi) is 6.65. The Balaban J connectivity index is 2.56. The van der Waals surface area contributed by atoms with E-state index in [4.69, 9.17) is 18.0 Å². The van der Waals surface area contributed by atoms with Crippen molar-refractivity contribution in [3.05, 3.63) is 35.4 Å².